The minimum Gasteiger partial charge on any atom is -0.290 e. The summed E-state index contributed by atoms with van der Waals surface area (Å²) in [5.41, 5.74) is 0.837. The Morgan fingerprint density at radius 3 is 2.15 bits per heavy atom. The van der Waals surface area contributed by atoms with E-state index >= 15 is 0 Å². The topological polar surface area (TPSA) is 54.0 Å². The summed E-state index contributed by atoms with van der Waals surface area (Å²) in [6.45, 7) is 3.13. The van der Waals surface area contributed by atoms with Crippen LogP contribution in [0.5, 0.6) is 5.75 Å². The second-order valence-corrected chi connectivity index (χ2v) is 5.28. The molecule has 0 amide bonds. The van der Waals surface area contributed by atoms with E-state index in [4.69, 9.17) is 10.7 Å². The van der Waals surface area contributed by atoms with Crippen molar-refractivity contribution in [2.75, 3.05) is 0 Å². The van der Waals surface area contributed by atoms with Crippen molar-refractivity contribution in [1.29, 1.82) is 0 Å². The first kappa shape index (κ1) is 10.3. The van der Waals surface area contributed by atoms with Crippen LogP contribution in [0.3, 0.4) is 0 Å². The van der Waals surface area contributed by atoms with Crippen LogP contribution in [0.25, 0.3) is 0 Å². The second-order valence-electron chi connectivity index (χ2n) is 2.75. The van der Waals surface area contributed by atoms with Gasteiger partial charge in [-0.05, 0) is 31.5 Å². The Hall–Kier alpha value is -0.740. The summed E-state index contributed by atoms with van der Waals surface area (Å²) in [5, 5.41) is 11.1. The van der Waals surface area contributed by atoms with Gasteiger partial charge >= 0.3 is 0 Å². The molecule has 1 aromatic carbocycles. The van der Waals surface area contributed by atoms with Gasteiger partial charge in [-0.1, -0.05) is 0 Å². The van der Waals surface area contributed by atoms with Crippen LogP contribution in [0.4, 0.5) is 0 Å². The van der Waals surface area contributed by atoms with Crippen molar-refractivity contribution in [2.45, 2.75) is 18.7 Å². The van der Waals surface area contributed by atoms with Gasteiger partial charge in [-0.3, -0.25) is 5.11 Å². The second kappa shape index (κ2) is 3.20. The molecule has 0 aliphatic heterocycles. The van der Waals surface area contributed by atoms with Gasteiger partial charge in [-0.25, -0.2) is 8.42 Å². The molecule has 5 heteroatoms. The lowest BCUT2D eigenvalue weighted by atomic mass is 10.1. The lowest BCUT2D eigenvalue weighted by molar-refractivity contribution is 0.351. The maximum absolute atomic E-state index is 11.1. The van der Waals surface area contributed by atoms with Gasteiger partial charge in [0.05, 0.1) is 4.90 Å². The Morgan fingerprint density at radius 2 is 1.69 bits per heavy atom. The molecule has 13 heavy (non-hydrogen) atoms. The molecule has 0 fully saturated rings. The Morgan fingerprint density at radius 1 is 1.15 bits per heavy atom. The fourth-order valence-corrected chi connectivity index (χ4v) is 2.29. The summed E-state index contributed by atoms with van der Waals surface area (Å²) in [5.74, 6) is -0.179. The first-order valence-electron chi connectivity index (χ1n) is 3.56. The van der Waals surface area contributed by atoms with Gasteiger partial charge in [0.1, 0.15) is 0 Å². The van der Waals surface area contributed by atoms with E-state index in [1.54, 1.807) is 13.8 Å². The molecule has 0 unspecified atom stereocenters. The van der Waals surface area contributed by atoms with Gasteiger partial charge in [-0.15, -0.1) is 0 Å². The maximum Gasteiger partial charge on any atom is 0.261 e. The van der Waals surface area contributed by atoms with Crippen molar-refractivity contribution >= 4 is 19.7 Å². The van der Waals surface area contributed by atoms with E-state index in [-0.39, 0.29) is 10.6 Å². The van der Waals surface area contributed by atoms with Crippen LogP contribution in [-0.4, -0.2) is 8.42 Å². The highest BCUT2D eigenvalue weighted by molar-refractivity contribution is 8.13. The van der Waals surface area contributed by atoms with E-state index in [1.165, 1.54) is 12.1 Å². The molecule has 0 spiro atoms. The highest BCUT2D eigenvalue weighted by atomic mass is 35.7. The molecule has 0 heterocycles. The molecule has 0 saturated carbocycles. The zero-order valence-corrected chi connectivity index (χ0v) is 8.74. The molecular formula is C8H8ClO3S. The Bertz CT molecular complexity index is 437. The summed E-state index contributed by atoms with van der Waals surface area (Å²) in [7, 11) is 1.42. The van der Waals surface area contributed by atoms with Gasteiger partial charge in [0.25, 0.3) is 9.05 Å². The van der Waals surface area contributed by atoms with Crippen LogP contribution < -0.4 is 0 Å². The molecule has 0 N–H and O–H groups in total. The molecule has 0 saturated heterocycles. The fourth-order valence-electron chi connectivity index (χ4n) is 1.04. The smallest absolute Gasteiger partial charge is 0.261 e. The summed E-state index contributed by atoms with van der Waals surface area (Å²) in [4.78, 5) is 0.00580. The molecule has 0 aliphatic carbocycles. The van der Waals surface area contributed by atoms with Crippen molar-refractivity contribution in [3.8, 4) is 5.75 Å². The monoisotopic (exact) mass is 219 g/mol. The van der Waals surface area contributed by atoms with E-state index in [9.17, 15) is 13.5 Å². The van der Waals surface area contributed by atoms with Crippen molar-refractivity contribution < 1.29 is 13.5 Å². The molecule has 3 nitrogen and oxygen atoms in total. The summed E-state index contributed by atoms with van der Waals surface area (Å²) in [6, 6.07) is 2.44. The number of benzene rings is 1. The number of hydrogen-bond donors (Lipinski definition) is 0. The third-order valence-electron chi connectivity index (χ3n) is 1.95. The van der Waals surface area contributed by atoms with Gasteiger partial charge in [0, 0.05) is 16.2 Å². The van der Waals surface area contributed by atoms with Crippen molar-refractivity contribution in [3.05, 3.63) is 23.3 Å². The molecule has 0 aromatic heterocycles. The zero-order chi connectivity index (χ0) is 10.2. The zero-order valence-electron chi connectivity index (χ0n) is 7.17. The van der Waals surface area contributed by atoms with Crippen LogP contribution in [0.15, 0.2) is 17.0 Å². The molecular weight excluding hydrogens is 212 g/mol. The largest absolute Gasteiger partial charge is 0.290 e. The van der Waals surface area contributed by atoms with Gasteiger partial charge in [0.2, 0.25) is 0 Å². The molecule has 71 valence electrons. The predicted molar refractivity (Wildman–Crippen MR) is 49.1 cm³/mol. The molecule has 0 aliphatic rings. The van der Waals surface area contributed by atoms with Gasteiger partial charge in [-0.2, -0.15) is 0 Å². The minimum atomic E-state index is -3.74. The van der Waals surface area contributed by atoms with Crippen LogP contribution >= 0.6 is 10.7 Å². The van der Waals surface area contributed by atoms with Crippen LogP contribution in [-0.2, 0) is 14.2 Å². The van der Waals surface area contributed by atoms with E-state index < -0.39 is 9.05 Å². The van der Waals surface area contributed by atoms with Crippen LogP contribution in [0.2, 0.25) is 0 Å². The van der Waals surface area contributed by atoms with Crippen molar-refractivity contribution in [1.82, 2.24) is 0 Å². The number of halogens is 1. The van der Waals surface area contributed by atoms with E-state index in [2.05, 4.69) is 0 Å². The minimum absolute atomic E-state index is 0.00580. The van der Waals surface area contributed by atoms with Crippen molar-refractivity contribution in [2.24, 2.45) is 0 Å². The summed E-state index contributed by atoms with van der Waals surface area (Å²) in [6.07, 6.45) is 0. The summed E-state index contributed by atoms with van der Waals surface area (Å²) >= 11 is 0. The first-order valence-corrected chi connectivity index (χ1v) is 5.87. The van der Waals surface area contributed by atoms with Gasteiger partial charge in [0.15, 0.2) is 5.75 Å². The molecule has 1 radical (unpaired) electrons. The average Bonchev–Trinajstić information content (AvgIpc) is 1.98. The van der Waals surface area contributed by atoms with Crippen LogP contribution in [0, 0.1) is 13.8 Å². The average molecular weight is 220 g/mol. The fraction of sp³-hybridized carbons (Fsp3) is 0.250. The number of hydrogen-bond acceptors (Lipinski definition) is 2. The number of rotatable bonds is 1. The standard InChI is InChI=1S/C8H8ClO3S/c1-5-6(2)8(13(9,11)12)4-3-7(5)10/h3-4H,1-2H3. The highest BCUT2D eigenvalue weighted by Gasteiger charge is 2.16. The molecule has 1 aromatic rings. The third-order valence-corrected chi connectivity index (χ3v) is 3.42. The summed E-state index contributed by atoms with van der Waals surface area (Å²) < 4.78 is 22.0. The van der Waals surface area contributed by atoms with E-state index in [0.29, 0.717) is 11.1 Å². The maximum atomic E-state index is 11.1. The normalized spacial score (nSPS) is 11.6. The quantitative estimate of drug-likeness (QED) is 0.681. The Labute approximate surface area is 81.4 Å². The lowest BCUT2D eigenvalue weighted by Gasteiger charge is -2.04. The third kappa shape index (κ3) is 1.95. The van der Waals surface area contributed by atoms with E-state index in [0.717, 1.165) is 0 Å². The van der Waals surface area contributed by atoms with Crippen LogP contribution in [0.1, 0.15) is 11.1 Å². The highest BCUT2D eigenvalue weighted by Crippen LogP contribution is 2.28. The molecule has 0 bridgehead atoms. The van der Waals surface area contributed by atoms with Gasteiger partial charge < -0.3 is 0 Å². The van der Waals surface area contributed by atoms with Crippen molar-refractivity contribution in [3.63, 3.8) is 0 Å². The molecule has 1 rings (SSSR count). The first-order chi connectivity index (χ1) is 5.84. The molecule has 0 atom stereocenters. The SMILES string of the molecule is Cc1c([O])ccc(S(=O)(=O)Cl)c1C. The van der Waals surface area contributed by atoms with E-state index in [1.807, 2.05) is 0 Å². The lowest BCUT2D eigenvalue weighted by Crippen LogP contribution is -1.96. The Balaban J connectivity index is 3.53. The predicted octanol–water partition coefficient (Wildman–Crippen LogP) is 2.37. The Kier molecular flexibility index (Phi) is 2.54.